The maximum absolute atomic E-state index is 6.56. The molecule has 0 saturated carbocycles. The molecule has 0 aromatic heterocycles. The van der Waals surface area contributed by atoms with Crippen molar-refractivity contribution in [3.63, 3.8) is 0 Å². The Labute approximate surface area is 132 Å². The molecule has 2 rings (SSSR count). The molecule has 0 radical (unpaired) electrons. The molecule has 1 aliphatic heterocycles. The lowest BCUT2D eigenvalue weighted by atomic mass is 9.92. The summed E-state index contributed by atoms with van der Waals surface area (Å²) in [6.07, 6.45) is 1.12. The number of rotatable bonds is 3. The molecule has 0 amide bonds. The summed E-state index contributed by atoms with van der Waals surface area (Å²) in [5.41, 5.74) is 1.17. The number of ether oxygens (including phenoxy) is 1. The van der Waals surface area contributed by atoms with Gasteiger partial charge in [-0.15, -0.1) is 0 Å². The highest BCUT2D eigenvalue weighted by Crippen LogP contribution is 2.42. The molecule has 0 aliphatic carbocycles. The highest BCUT2D eigenvalue weighted by Gasteiger charge is 2.39. The zero-order chi connectivity index (χ0) is 16.1. The van der Waals surface area contributed by atoms with Crippen molar-refractivity contribution in [2.45, 2.75) is 71.3 Å². The average molecular weight is 323 g/mol. The molecular formula is C17H30O2Si2. The third-order valence-electron chi connectivity index (χ3n) is 3.76. The summed E-state index contributed by atoms with van der Waals surface area (Å²) in [5, 5.41) is 1.48. The first-order valence-electron chi connectivity index (χ1n) is 7.89. The Hall–Kier alpha value is -0.586. The van der Waals surface area contributed by atoms with Gasteiger partial charge >= 0.3 is 0 Å². The van der Waals surface area contributed by atoms with Gasteiger partial charge < -0.3 is 9.16 Å². The van der Waals surface area contributed by atoms with Gasteiger partial charge in [0.2, 0.25) is 0 Å². The van der Waals surface area contributed by atoms with Crippen molar-refractivity contribution in [2.24, 2.45) is 0 Å². The fourth-order valence-corrected chi connectivity index (χ4v) is 5.78. The number of hydrogen-bond donors (Lipinski definition) is 0. The number of hydrogen-bond acceptors (Lipinski definition) is 2. The molecule has 1 atom stereocenters. The van der Waals surface area contributed by atoms with Crippen LogP contribution < -0.4 is 9.92 Å². The minimum absolute atomic E-state index is 0.157. The van der Waals surface area contributed by atoms with Gasteiger partial charge in [0.05, 0.1) is 14.2 Å². The van der Waals surface area contributed by atoms with Gasteiger partial charge in [-0.3, -0.25) is 0 Å². The van der Waals surface area contributed by atoms with Gasteiger partial charge in [-0.2, -0.15) is 0 Å². The second-order valence-electron chi connectivity index (χ2n) is 8.75. The van der Waals surface area contributed by atoms with Crippen LogP contribution in [0.15, 0.2) is 18.2 Å². The van der Waals surface area contributed by atoms with Crippen LogP contribution in [-0.4, -0.2) is 22.0 Å². The summed E-state index contributed by atoms with van der Waals surface area (Å²) in [5.74, 6) is 1.04. The summed E-state index contributed by atoms with van der Waals surface area (Å²) in [6.45, 7) is 18.3. The molecule has 2 nitrogen and oxygen atoms in total. The molecule has 1 unspecified atom stereocenters. The van der Waals surface area contributed by atoms with E-state index in [2.05, 4.69) is 71.3 Å². The minimum Gasteiger partial charge on any atom is -0.487 e. The first kappa shape index (κ1) is 16.8. The lowest BCUT2D eigenvalue weighted by Crippen LogP contribution is -2.46. The Balaban J connectivity index is 2.56. The van der Waals surface area contributed by atoms with Crippen LogP contribution in [0.2, 0.25) is 39.3 Å². The van der Waals surface area contributed by atoms with Crippen LogP contribution in [0.3, 0.4) is 0 Å². The van der Waals surface area contributed by atoms with Crippen molar-refractivity contribution in [1.29, 1.82) is 0 Å². The molecule has 1 heterocycles. The second-order valence-corrected chi connectivity index (χ2v) is 18.3. The van der Waals surface area contributed by atoms with E-state index >= 15 is 0 Å². The Morgan fingerprint density at radius 1 is 1.10 bits per heavy atom. The Kier molecular flexibility index (Phi) is 4.19. The van der Waals surface area contributed by atoms with Crippen LogP contribution in [0, 0.1) is 0 Å². The van der Waals surface area contributed by atoms with E-state index < -0.39 is 16.4 Å². The maximum Gasteiger partial charge on any atom is 0.184 e. The quantitative estimate of drug-likeness (QED) is 0.752. The Bertz CT molecular complexity index is 525. The van der Waals surface area contributed by atoms with E-state index in [1.807, 2.05) is 0 Å². The molecule has 0 fully saturated rings. The Morgan fingerprint density at radius 3 is 2.24 bits per heavy atom. The normalized spacial score (nSPS) is 21.6. The zero-order valence-electron chi connectivity index (χ0n) is 14.8. The van der Waals surface area contributed by atoms with E-state index in [1.165, 1.54) is 10.8 Å². The summed E-state index contributed by atoms with van der Waals surface area (Å²) < 4.78 is 12.8. The lowest BCUT2D eigenvalue weighted by Gasteiger charge is -2.42. The van der Waals surface area contributed by atoms with Crippen LogP contribution in [0.25, 0.3) is 0 Å². The fourth-order valence-electron chi connectivity index (χ4n) is 3.03. The predicted octanol–water partition coefficient (Wildman–Crippen LogP) is 4.69. The molecule has 0 saturated heterocycles. The number of benzene rings is 1. The summed E-state index contributed by atoms with van der Waals surface area (Å²) in [6, 6.07) is 6.53. The SMILES string of the molecule is CC1(C)CC(O[Si](C)(C)C)c2c(cccc2[Si](C)(C)C)O1. The largest absolute Gasteiger partial charge is 0.487 e. The molecule has 1 aromatic rings. The van der Waals surface area contributed by atoms with E-state index in [9.17, 15) is 0 Å². The predicted molar refractivity (Wildman–Crippen MR) is 95.9 cm³/mol. The van der Waals surface area contributed by atoms with E-state index in [0.717, 1.165) is 12.2 Å². The van der Waals surface area contributed by atoms with Crippen LogP contribution in [0.4, 0.5) is 0 Å². The van der Waals surface area contributed by atoms with Crippen molar-refractivity contribution >= 4 is 21.6 Å². The lowest BCUT2D eigenvalue weighted by molar-refractivity contribution is 0.0198. The van der Waals surface area contributed by atoms with Gasteiger partial charge in [0, 0.05) is 12.0 Å². The molecular weight excluding hydrogens is 292 g/mol. The van der Waals surface area contributed by atoms with Gasteiger partial charge in [0.25, 0.3) is 0 Å². The summed E-state index contributed by atoms with van der Waals surface area (Å²) >= 11 is 0. The molecule has 0 N–H and O–H groups in total. The summed E-state index contributed by atoms with van der Waals surface area (Å²) in [4.78, 5) is 0. The fraction of sp³-hybridized carbons (Fsp3) is 0.647. The van der Waals surface area contributed by atoms with Crippen molar-refractivity contribution < 1.29 is 9.16 Å². The van der Waals surface area contributed by atoms with Crippen molar-refractivity contribution in [3.8, 4) is 5.75 Å². The van der Waals surface area contributed by atoms with Gasteiger partial charge in [0.15, 0.2) is 8.32 Å². The standard InChI is InChI=1S/C17H30O2Si2/c1-17(2)12-14(19-21(6,7)8)16-13(18-17)10-9-11-15(16)20(3,4)5/h9-11,14H,12H2,1-8H3. The zero-order valence-corrected chi connectivity index (χ0v) is 16.8. The molecule has 1 aliphatic rings. The molecule has 118 valence electrons. The van der Waals surface area contributed by atoms with E-state index in [1.54, 1.807) is 0 Å². The van der Waals surface area contributed by atoms with E-state index in [0.29, 0.717) is 0 Å². The minimum atomic E-state index is -1.60. The van der Waals surface area contributed by atoms with Crippen LogP contribution in [0.5, 0.6) is 5.75 Å². The van der Waals surface area contributed by atoms with E-state index in [-0.39, 0.29) is 11.7 Å². The first-order chi connectivity index (χ1) is 9.39. The van der Waals surface area contributed by atoms with Crippen LogP contribution in [-0.2, 0) is 4.43 Å². The summed E-state index contributed by atoms with van der Waals surface area (Å²) in [7, 11) is -3.02. The molecule has 4 heteroatoms. The molecule has 1 aromatic carbocycles. The second kappa shape index (κ2) is 5.25. The average Bonchev–Trinajstić information content (AvgIpc) is 2.22. The van der Waals surface area contributed by atoms with Crippen molar-refractivity contribution in [3.05, 3.63) is 23.8 Å². The molecule has 0 bridgehead atoms. The van der Waals surface area contributed by atoms with Gasteiger partial charge in [0.1, 0.15) is 11.4 Å². The third-order valence-corrected chi connectivity index (χ3v) is 6.80. The highest BCUT2D eigenvalue weighted by molar-refractivity contribution is 6.89. The topological polar surface area (TPSA) is 18.5 Å². The van der Waals surface area contributed by atoms with Crippen molar-refractivity contribution in [2.75, 3.05) is 0 Å². The van der Waals surface area contributed by atoms with Crippen LogP contribution >= 0.6 is 0 Å². The first-order valence-corrected chi connectivity index (χ1v) is 14.8. The molecule has 21 heavy (non-hydrogen) atoms. The van der Waals surface area contributed by atoms with Crippen LogP contribution in [0.1, 0.15) is 31.9 Å². The van der Waals surface area contributed by atoms with Crippen molar-refractivity contribution in [1.82, 2.24) is 0 Å². The maximum atomic E-state index is 6.56. The monoisotopic (exact) mass is 322 g/mol. The molecule has 0 spiro atoms. The Morgan fingerprint density at radius 2 is 1.71 bits per heavy atom. The highest BCUT2D eigenvalue weighted by atomic mass is 28.4. The smallest absolute Gasteiger partial charge is 0.184 e. The van der Waals surface area contributed by atoms with Gasteiger partial charge in [-0.25, -0.2) is 0 Å². The third kappa shape index (κ3) is 3.99. The number of fused-ring (bicyclic) bond motifs is 1. The van der Waals surface area contributed by atoms with Gasteiger partial charge in [-0.05, 0) is 39.6 Å². The van der Waals surface area contributed by atoms with E-state index in [4.69, 9.17) is 9.16 Å². The van der Waals surface area contributed by atoms with Gasteiger partial charge in [-0.1, -0.05) is 37.0 Å².